The minimum atomic E-state index is 0.213. The molecule has 0 amide bonds. The average molecular weight is 281 g/mol. The van der Waals surface area contributed by atoms with Gasteiger partial charge in [-0.15, -0.1) is 5.10 Å². The molecule has 2 aromatic heterocycles. The second kappa shape index (κ2) is 4.16. The van der Waals surface area contributed by atoms with Crippen molar-refractivity contribution in [1.82, 2.24) is 24.6 Å². The maximum atomic E-state index is 5.94. The lowest BCUT2D eigenvalue weighted by Crippen LogP contribution is -2.07. The van der Waals surface area contributed by atoms with Gasteiger partial charge in [0.05, 0.1) is 11.1 Å². The van der Waals surface area contributed by atoms with Crippen LogP contribution in [0.1, 0.15) is 11.1 Å². The lowest BCUT2D eigenvalue weighted by Gasteiger charge is -2.05. The van der Waals surface area contributed by atoms with Crippen LogP contribution in [-0.2, 0) is 13.1 Å². The number of hydrogen-bond acceptors (Lipinski definition) is 6. The van der Waals surface area contributed by atoms with Gasteiger partial charge in [-0.3, -0.25) is 4.90 Å². The van der Waals surface area contributed by atoms with Crippen LogP contribution in [0.2, 0.25) is 0 Å². The van der Waals surface area contributed by atoms with Crippen LogP contribution in [0.25, 0.3) is 16.7 Å². The summed E-state index contributed by atoms with van der Waals surface area (Å²) in [6.07, 6.45) is 1.61. The summed E-state index contributed by atoms with van der Waals surface area (Å²) in [5.74, 6) is 0.618. The van der Waals surface area contributed by atoms with E-state index in [1.54, 1.807) is 10.9 Å². The number of nitrogen functional groups attached to an aromatic ring is 2. The van der Waals surface area contributed by atoms with Crippen molar-refractivity contribution in [3.63, 3.8) is 0 Å². The topological polar surface area (TPSA) is 98.9 Å². The molecule has 7 heteroatoms. The van der Waals surface area contributed by atoms with Crippen molar-refractivity contribution in [2.75, 3.05) is 18.5 Å². The lowest BCUT2D eigenvalue weighted by atomic mass is 10.1. The Balaban J connectivity index is 1.91. The molecule has 0 fully saturated rings. The number of aromatic nitrogens is 4. The molecule has 0 bridgehead atoms. The van der Waals surface area contributed by atoms with Crippen LogP contribution in [0.5, 0.6) is 0 Å². The molecule has 3 aromatic rings. The molecule has 3 heterocycles. The summed E-state index contributed by atoms with van der Waals surface area (Å²) in [6.45, 7) is 1.92. The van der Waals surface area contributed by atoms with Crippen molar-refractivity contribution in [3.8, 4) is 5.69 Å². The molecule has 1 aliphatic heterocycles. The zero-order valence-electron chi connectivity index (χ0n) is 11.6. The quantitative estimate of drug-likeness (QED) is 0.688. The molecular weight excluding hydrogens is 266 g/mol. The molecule has 0 unspecified atom stereocenters. The van der Waals surface area contributed by atoms with Gasteiger partial charge in [-0.1, -0.05) is 6.07 Å². The summed E-state index contributed by atoms with van der Waals surface area (Å²) in [4.78, 5) is 10.5. The smallest absolute Gasteiger partial charge is 0.222 e. The Morgan fingerprint density at radius 2 is 1.95 bits per heavy atom. The number of anilines is 2. The van der Waals surface area contributed by atoms with Gasteiger partial charge in [0.2, 0.25) is 5.95 Å². The summed E-state index contributed by atoms with van der Waals surface area (Å²) in [5.41, 5.74) is 15.8. The summed E-state index contributed by atoms with van der Waals surface area (Å²) in [6, 6.07) is 6.29. The van der Waals surface area contributed by atoms with Gasteiger partial charge in [0.15, 0.2) is 11.5 Å². The third-order valence-corrected chi connectivity index (χ3v) is 3.79. The SMILES string of the molecule is CN1Cc2ccc(-n3nc(N)c4cnc(N)nc43)cc2C1. The summed E-state index contributed by atoms with van der Waals surface area (Å²) in [7, 11) is 2.11. The summed E-state index contributed by atoms with van der Waals surface area (Å²) < 4.78 is 1.72. The second-order valence-corrected chi connectivity index (χ2v) is 5.39. The van der Waals surface area contributed by atoms with Crippen LogP contribution in [-0.4, -0.2) is 31.7 Å². The standard InChI is InChI=1S/C14H15N7/c1-20-6-8-2-3-10(4-9(8)7-20)21-13-11(12(15)19-21)5-17-14(16)18-13/h2-5H,6-7H2,1H3,(H2,15,19)(H2,16,17,18). The molecule has 1 aliphatic rings. The van der Waals surface area contributed by atoms with E-state index in [4.69, 9.17) is 11.5 Å². The maximum Gasteiger partial charge on any atom is 0.222 e. The largest absolute Gasteiger partial charge is 0.382 e. The zero-order valence-corrected chi connectivity index (χ0v) is 11.6. The fourth-order valence-electron chi connectivity index (χ4n) is 2.80. The molecule has 0 radical (unpaired) electrons. The van der Waals surface area contributed by atoms with Gasteiger partial charge >= 0.3 is 0 Å². The first kappa shape index (κ1) is 12.1. The average Bonchev–Trinajstić information content (AvgIpc) is 2.97. The van der Waals surface area contributed by atoms with E-state index in [2.05, 4.69) is 39.1 Å². The fourth-order valence-corrected chi connectivity index (χ4v) is 2.80. The van der Waals surface area contributed by atoms with Gasteiger partial charge in [-0.2, -0.15) is 4.98 Å². The highest BCUT2D eigenvalue weighted by molar-refractivity contribution is 5.87. The third-order valence-electron chi connectivity index (χ3n) is 3.79. The Morgan fingerprint density at radius 3 is 2.81 bits per heavy atom. The van der Waals surface area contributed by atoms with E-state index >= 15 is 0 Å². The van der Waals surface area contributed by atoms with E-state index in [1.165, 1.54) is 11.1 Å². The van der Waals surface area contributed by atoms with Crippen LogP contribution >= 0.6 is 0 Å². The van der Waals surface area contributed by atoms with Gasteiger partial charge in [0, 0.05) is 19.3 Å². The predicted molar refractivity (Wildman–Crippen MR) is 80.7 cm³/mol. The van der Waals surface area contributed by atoms with Crippen LogP contribution in [0.15, 0.2) is 24.4 Å². The van der Waals surface area contributed by atoms with Crippen molar-refractivity contribution in [2.24, 2.45) is 0 Å². The highest BCUT2D eigenvalue weighted by atomic mass is 15.3. The van der Waals surface area contributed by atoms with Crippen molar-refractivity contribution in [1.29, 1.82) is 0 Å². The van der Waals surface area contributed by atoms with Crippen molar-refractivity contribution >= 4 is 22.8 Å². The van der Waals surface area contributed by atoms with E-state index in [1.807, 2.05) is 6.07 Å². The third kappa shape index (κ3) is 1.82. The first-order valence-electron chi connectivity index (χ1n) is 6.69. The zero-order chi connectivity index (χ0) is 14.6. The van der Waals surface area contributed by atoms with Crippen LogP contribution in [0.4, 0.5) is 11.8 Å². The highest BCUT2D eigenvalue weighted by Crippen LogP contribution is 2.27. The van der Waals surface area contributed by atoms with E-state index in [0.29, 0.717) is 16.9 Å². The number of fused-ring (bicyclic) bond motifs is 2. The molecule has 0 saturated heterocycles. The normalized spacial score (nSPS) is 14.7. The number of benzene rings is 1. The maximum absolute atomic E-state index is 5.94. The predicted octanol–water partition coefficient (Wildman–Crippen LogP) is 0.925. The van der Waals surface area contributed by atoms with Crippen molar-refractivity contribution in [3.05, 3.63) is 35.5 Å². The summed E-state index contributed by atoms with van der Waals surface area (Å²) in [5, 5.41) is 5.08. The minimum Gasteiger partial charge on any atom is -0.382 e. The van der Waals surface area contributed by atoms with Crippen molar-refractivity contribution in [2.45, 2.75) is 13.1 Å². The molecule has 4 N–H and O–H groups in total. The van der Waals surface area contributed by atoms with E-state index in [9.17, 15) is 0 Å². The van der Waals surface area contributed by atoms with Gasteiger partial charge < -0.3 is 11.5 Å². The molecule has 21 heavy (non-hydrogen) atoms. The Labute approximate surface area is 121 Å². The van der Waals surface area contributed by atoms with Crippen LogP contribution in [0, 0.1) is 0 Å². The second-order valence-electron chi connectivity index (χ2n) is 5.39. The molecule has 7 nitrogen and oxygen atoms in total. The molecule has 0 aliphatic carbocycles. The highest BCUT2D eigenvalue weighted by Gasteiger charge is 2.18. The van der Waals surface area contributed by atoms with E-state index in [-0.39, 0.29) is 5.95 Å². The van der Waals surface area contributed by atoms with E-state index < -0.39 is 0 Å². The van der Waals surface area contributed by atoms with Gasteiger partial charge in [-0.25, -0.2) is 9.67 Å². The van der Waals surface area contributed by atoms with Crippen LogP contribution in [0.3, 0.4) is 0 Å². The molecule has 4 rings (SSSR count). The molecule has 106 valence electrons. The van der Waals surface area contributed by atoms with E-state index in [0.717, 1.165) is 18.8 Å². The number of hydrogen-bond donors (Lipinski definition) is 2. The van der Waals surface area contributed by atoms with Gasteiger partial charge in [0.1, 0.15) is 0 Å². The Hall–Kier alpha value is -2.67. The van der Waals surface area contributed by atoms with Gasteiger partial charge in [0.25, 0.3) is 0 Å². The molecule has 0 atom stereocenters. The number of nitrogens with two attached hydrogens (primary N) is 2. The first-order chi connectivity index (χ1) is 10.1. The monoisotopic (exact) mass is 281 g/mol. The first-order valence-corrected chi connectivity index (χ1v) is 6.69. The fraction of sp³-hybridized carbons (Fsp3) is 0.214. The molecule has 0 saturated carbocycles. The van der Waals surface area contributed by atoms with Gasteiger partial charge in [-0.05, 0) is 30.3 Å². The van der Waals surface area contributed by atoms with Crippen LogP contribution < -0.4 is 11.5 Å². The Bertz CT molecular complexity index is 852. The summed E-state index contributed by atoms with van der Waals surface area (Å²) >= 11 is 0. The Morgan fingerprint density at radius 1 is 1.14 bits per heavy atom. The van der Waals surface area contributed by atoms with Crippen molar-refractivity contribution < 1.29 is 0 Å². The molecule has 0 spiro atoms. The Kier molecular flexibility index (Phi) is 2.40. The molecule has 1 aromatic carbocycles. The number of nitrogens with zero attached hydrogens (tertiary/aromatic N) is 5. The number of rotatable bonds is 1. The molecular formula is C14H15N7. The lowest BCUT2D eigenvalue weighted by molar-refractivity contribution is 0.353. The minimum absolute atomic E-state index is 0.213.